The fourth-order valence-corrected chi connectivity index (χ4v) is 2.06. The Morgan fingerprint density at radius 2 is 2.00 bits per heavy atom. The van der Waals surface area contributed by atoms with Crippen LogP contribution in [0.15, 0.2) is 17.2 Å². The quantitative estimate of drug-likeness (QED) is 0.408. The van der Waals surface area contributed by atoms with Gasteiger partial charge in [-0.25, -0.2) is 4.39 Å². The van der Waals surface area contributed by atoms with E-state index in [2.05, 4.69) is 14.9 Å². The second kappa shape index (κ2) is 4.51. The first-order valence-electron chi connectivity index (χ1n) is 5.26. The van der Waals surface area contributed by atoms with E-state index in [-0.39, 0.29) is 5.82 Å². The number of hydrogen-bond donors (Lipinski definition) is 0. The normalized spacial score (nSPS) is 16.1. The van der Waals surface area contributed by atoms with Crippen LogP contribution in [0.4, 0.5) is 10.1 Å². The average Bonchev–Trinajstić information content (AvgIpc) is 2.46. The van der Waals surface area contributed by atoms with Gasteiger partial charge >= 0.3 is 0 Å². The molecule has 0 amide bonds. The molecule has 1 aliphatic rings. The van der Waals surface area contributed by atoms with Gasteiger partial charge in [0.15, 0.2) is 0 Å². The van der Waals surface area contributed by atoms with Crippen LogP contribution in [0, 0.1) is 5.82 Å². The first-order valence-corrected chi connectivity index (χ1v) is 5.26. The molecule has 0 bridgehead atoms. The van der Waals surface area contributed by atoms with Crippen LogP contribution < -0.4 is 0 Å². The molecule has 0 spiro atoms. The van der Waals surface area contributed by atoms with Crippen LogP contribution >= 0.6 is 0 Å². The zero-order valence-corrected chi connectivity index (χ0v) is 9.15. The highest BCUT2D eigenvalue weighted by atomic mass is 19.1. The van der Waals surface area contributed by atoms with Gasteiger partial charge in [0.2, 0.25) is 0 Å². The highest BCUT2D eigenvalue weighted by molar-refractivity contribution is 5.51. The minimum absolute atomic E-state index is 0.192. The van der Waals surface area contributed by atoms with Crippen molar-refractivity contribution in [3.8, 4) is 0 Å². The second-order valence-electron chi connectivity index (χ2n) is 4.02. The third kappa shape index (κ3) is 2.01. The highest BCUT2D eigenvalue weighted by Crippen LogP contribution is 2.28. The lowest BCUT2D eigenvalue weighted by Crippen LogP contribution is -2.20. The fourth-order valence-electron chi connectivity index (χ4n) is 2.06. The zero-order valence-electron chi connectivity index (χ0n) is 9.15. The monoisotopic (exact) mass is 220 g/mol. The van der Waals surface area contributed by atoms with E-state index in [1.165, 1.54) is 6.07 Å². The van der Waals surface area contributed by atoms with Crippen molar-refractivity contribution in [1.82, 2.24) is 4.90 Å². The van der Waals surface area contributed by atoms with Crippen molar-refractivity contribution in [2.24, 2.45) is 5.11 Å². The largest absolute Gasteiger partial charge is 0.306 e. The Kier molecular flexibility index (Phi) is 3.08. The molecule has 0 N–H and O–H groups in total. The van der Waals surface area contributed by atoms with Crippen molar-refractivity contribution in [1.29, 1.82) is 0 Å². The molecule has 0 radical (unpaired) electrons. The van der Waals surface area contributed by atoms with Crippen molar-refractivity contribution in [2.75, 3.05) is 20.1 Å². The van der Waals surface area contributed by atoms with Crippen LogP contribution in [0.5, 0.6) is 0 Å². The van der Waals surface area contributed by atoms with Crippen molar-refractivity contribution >= 4 is 5.69 Å². The van der Waals surface area contributed by atoms with E-state index in [1.807, 2.05) is 7.05 Å². The maximum Gasteiger partial charge on any atom is 0.126 e. The van der Waals surface area contributed by atoms with Crippen LogP contribution in [-0.2, 0) is 12.8 Å². The number of fused-ring (bicyclic) bond motifs is 1. The first-order chi connectivity index (χ1) is 7.72. The number of likely N-dealkylation sites (N-methyl/N-ethyl adjacent to an activating group) is 1. The van der Waals surface area contributed by atoms with Gasteiger partial charge < -0.3 is 4.90 Å². The van der Waals surface area contributed by atoms with Crippen LogP contribution in [0.3, 0.4) is 0 Å². The van der Waals surface area contributed by atoms with Gasteiger partial charge in [-0.3, -0.25) is 0 Å². The van der Waals surface area contributed by atoms with Gasteiger partial charge in [-0.2, -0.15) is 0 Å². The van der Waals surface area contributed by atoms with E-state index >= 15 is 0 Å². The second-order valence-corrected chi connectivity index (χ2v) is 4.02. The lowest BCUT2D eigenvalue weighted by molar-refractivity contribution is 0.351. The van der Waals surface area contributed by atoms with E-state index in [4.69, 9.17) is 5.53 Å². The highest BCUT2D eigenvalue weighted by Gasteiger charge is 2.17. The molecule has 2 rings (SSSR count). The van der Waals surface area contributed by atoms with Gasteiger partial charge in [0.1, 0.15) is 5.82 Å². The minimum atomic E-state index is -0.192. The lowest BCUT2D eigenvalue weighted by Gasteiger charge is -2.11. The van der Waals surface area contributed by atoms with Gasteiger partial charge in [0.05, 0.1) is 0 Å². The maximum atomic E-state index is 13.6. The van der Waals surface area contributed by atoms with Crippen molar-refractivity contribution in [2.45, 2.75) is 12.8 Å². The Bertz CT molecular complexity index is 452. The molecule has 1 heterocycles. The predicted molar refractivity (Wildman–Crippen MR) is 60.1 cm³/mol. The Morgan fingerprint density at radius 1 is 1.31 bits per heavy atom. The number of halogens is 1. The van der Waals surface area contributed by atoms with Crippen LogP contribution in [0.25, 0.3) is 10.4 Å². The Hall–Kier alpha value is -1.58. The summed E-state index contributed by atoms with van der Waals surface area (Å²) in [6.45, 7) is 1.70. The summed E-state index contributed by atoms with van der Waals surface area (Å²) in [7, 11) is 2.01. The minimum Gasteiger partial charge on any atom is -0.306 e. The van der Waals surface area contributed by atoms with E-state index in [0.29, 0.717) is 17.7 Å². The Morgan fingerprint density at radius 3 is 2.69 bits per heavy atom. The molecular formula is C11H13FN4. The summed E-state index contributed by atoms with van der Waals surface area (Å²) in [5, 5.41) is 3.62. The molecule has 1 aromatic carbocycles. The summed E-state index contributed by atoms with van der Waals surface area (Å²) in [5.74, 6) is -0.192. The summed E-state index contributed by atoms with van der Waals surface area (Å²) >= 11 is 0. The number of hydrogen-bond acceptors (Lipinski definition) is 2. The summed E-state index contributed by atoms with van der Waals surface area (Å²) in [6.07, 6.45) is 1.41. The van der Waals surface area contributed by atoms with Crippen LogP contribution in [-0.4, -0.2) is 25.0 Å². The molecule has 0 saturated heterocycles. The molecule has 0 saturated carbocycles. The number of rotatable bonds is 1. The molecule has 0 aromatic heterocycles. The maximum absolute atomic E-state index is 13.6. The molecule has 0 unspecified atom stereocenters. The summed E-state index contributed by atoms with van der Waals surface area (Å²) < 4.78 is 13.6. The molecule has 0 aliphatic carbocycles. The number of nitrogens with zero attached hydrogens (tertiary/aromatic N) is 4. The average molecular weight is 220 g/mol. The van der Waals surface area contributed by atoms with Gasteiger partial charge in [-0.15, -0.1) is 0 Å². The van der Waals surface area contributed by atoms with E-state index in [9.17, 15) is 4.39 Å². The first kappa shape index (κ1) is 10.9. The van der Waals surface area contributed by atoms with Crippen molar-refractivity contribution in [3.05, 3.63) is 39.5 Å². The van der Waals surface area contributed by atoms with E-state index in [0.717, 1.165) is 25.1 Å². The standard InChI is InChI=1S/C11H13FN4/c1-16-6-4-8-9(5-7-16)11(14-15-13)3-2-10(8)12/h2-3H,4-7H2,1H3. The smallest absolute Gasteiger partial charge is 0.126 e. The molecule has 1 aromatic rings. The molecule has 4 nitrogen and oxygen atoms in total. The zero-order chi connectivity index (χ0) is 11.5. The topological polar surface area (TPSA) is 52.0 Å². The third-order valence-corrected chi connectivity index (χ3v) is 2.99. The Balaban J connectivity index is 2.50. The molecule has 1 aliphatic heterocycles. The van der Waals surface area contributed by atoms with E-state index in [1.54, 1.807) is 6.07 Å². The SMILES string of the molecule is CN1CCc2c(F)ccc(N=[N+]=[N-])c2CC1. The van der Waals surface area contributed by atoms with Crippen molar-refractivity contribution in [3.63, 3.8) is 0 Å². The van der Waals surface area contributed by atoms with Gasteiger partial charge in [-0.1, -0.05) is 5.11 Å². The molecule has 0 fully saturated rings. The molecule has 16 heavy (non-hydrogen) atoms. The van der Waals surface area contributed by atoms with Gasteiger partial charge in [0.25, 0.3) is 0 Å². The molecule has 0 atom stereocenters. The van der Waals surface area contributed by atoms with Gasteiger partial charge in [0, 0.05) is 23.7 Å². The van der Waals surface area contributed by atoms with E-state index < -0.39 is 0 Å². The lowest BCUT2D eigenvalue weighted by atomic mass is 10.0. The molecule has 84 valence electrons. The van der Waals surface area contributed by atoms with Crippen LogP contribution in [0.2, 0.25) is 0 Å². The predicted octanol–water partition coefficient (Wildman–Crippen LogP) is 2.80. The summed E-state index contributed by atoms with van der Waals surface area (Å²) in [5.41, 5.74) is 10.6. The summed E-state index contributed by atoms with van der Waals surface area (Å²) in [6, 6.07) is 2.94. The van der Waals surface area contributed by atoms with Crippen molar-refractivity contribution < 1.29 is 4.39 Å². The number of benzene rings is 1. The molecule has 5 heteroatoms. The van der Waals surface area contributed by atoms with Crippen LogP contribution in [0.1, 0.15) is 11.1 Å². The van der Waals surface area contributed by atoms with Gasteiger partial charge in [-0.05, 0) is 48.7 Å². The number of azide groups is 1. The third-order valence-electron chi connectivity index (χ3n) is 2.99. The fraction of sp³-hybridized carbons (Fsp3) is 0.455. The molecular weight excluding hydrogens is 207 g/mol. The summed E-state index contributed by atoms with van der Waals surface area (Å²) in [4.78, 5) is 4.93. The Labute approximate surface area is 93.3 Å².